The molecule has 3 heteroatoms. The van der Waals surface area contributed by atoms with Gasteiger partial charge >= 0.3 is 0 Å². The van der Waals surface area contributed by atoms with Crippen LogP contribution in [0.15, 0.2) is 0 Å². The van der Waals surface area contributed by atoms with Crippen LogP contribution in [0.5, 0.6) is 0 Å². The second-order valence-corrected chi connectivity index (χ2v) is 4.96. The monoisotopic (exact) mass is 188 g/mol. The highest BCUT2D eigenvalue weighted by atomic mass is 32.2. The van der Waals surface area contributed by atoms with Gasteiger partial charge in [-0.1, -0.05) is 0 Å². The first kappa shape index (κ1) is 10.4. The molecule has 12 heavy (non-hydrogen) atoms. The Hall–Kier alpha value is 0.270. The van der Waals surface area contributed by atoms with E-state index < -0.39 is 0 Å². The molecule has 1 aliphatic rings. The van der Waals surface area contributed by atoms with Crippen molar-refractivity contribution >= 4 is 11.8 Å². The fraction of sp³-hybridized carbons (Fsp3) is 1.00. The Balaban J connectivity index is 2.01. The van der Waals surface area contributed by atoms with E-state index in [0.717, 1.165) is 18.2 Å². The van der Waals surface area contributed by atoms with Crippen LogP contribution in [-0.2, 0) is 0 Å². The third-order valence-electron chi connectivity index (χ3n) is 2.42. The second kappa shape index (κ2) is 5.84. The predicted octanol–water partition coefficient (Wildman–Crippen LogP) is 1.34. The summed E-state index contributed by atoms with van der Waals surface area (Å²) >= 11 is 2.09. The Morgan fingerprint density at radius 2 is 1.83 bits per heavy atom. The minimum Gasteiger partial charge on any atom is -0.330 e. The molecule has 0 aromatic rings. The van der Waals surface area contributed by atoms with Gasteiger partial charge in [0, 0.05) is 11.3 Å². The summed E-state index contributed by atoms with van der Waals surface area (Å²) in [6.07, 6.45) is 6.24. The van der Waals surface area contributed by atoms with Gasteiger partial charge in [-0.15, -0.1) is 0 Å². The molecule has 0 saturated heterocycles. The first-order chi connectivity index (χ1) is 5.83. The minimum absolute atomic E-state index is 0.483. The van der Waals surface area contributed by atoms with Crippen molar-refractivity contribution in [2.45, 2.75) is 43.4 Å². The van der Waals surface area contributed by atoms with Crippen molar-refractivity contribution in [3.05, 3.63) is 0 Å². The molecule has 1 aliphatic carbocycles. The molecular formula is C9H20N2S. The summed E-state index contributed by atoms with van der Waals surface area (Å²) in [6, 6.07) is 0.483. The summed E-state index contributed by atoms with van der Waals surface area (Å²) in [5.74, 6) is 1.23. The highest BCUT2D eigenvalue weighted by Crippen LogP contribution is 2.27. The van der Waals surface area contributed by atoms with E-state index in [1.807, 2.05) is 0 Å². The molecule has 2 nitrogen and oxygen atoms in total. The van der Waals surface area contributed by atoms with Gasteiger partial charge in [-0.05, 0) is 44.4 Å². The molecule has 0 spiro atoms. The van der Waals surface area contributed by atoms with E-state index in [0.29, 0.717) is 6.04 Å². The largest absolute Gasteiger partial charge is 0.330 e. The third-order valence-corrected chi connectivity index (χ3v) is 3.89. The molecule has 1 fully saturated rings. The van der Waals surface area contributed by atoms with Crippen molar-refractivity contribution in [2.75, 3.05) is 12.3 Å². The molecule has 0 aliphatic heterocycles. The lowest BCUT2D eigenvalue weighted by Gasteiger charge is -2.25. The molecule has 4 N–H and O–H groups in total. The van der Waals surface area contributed by atoms with E-state index in [-0.39, 0.29) is 0 Å². The molecule has 0 bridgehead atoms. The minimum atomic E-state index is 0.483. The van der Waals surface area contributed by atoms with E-state index in [1.54, 1.807) is 0 Å². The summed E-state index contributed by atoms with van der Waals surface area (Å²) in [5.41, 5.74) is 11.3. The second-order valence-electron chi connectivity index (χ2n) is 3.55. The summed E-state index contributed by atoms with van der Waals surface area (Å²) in [7, 11) is 0. The Morgan fingerprint density at radius 1 is 1.17 bits per heavy atom. The summed E-state index contributed by atoms with van der Waals surface area (Å²) in [6.45, 7) is 0.833. The standard InChI is InChI=1S/C9H20N2S/c10-6-1-7-12-9-4-2-8(11)3-5-9/h8-9H,1-7,10-11H2. The number of nitrogens with two attached hydrogens (primary N) is 2. The lowest BCUT2D eigenvalue weighted by Crippen LogP contribution is -2.27. The molecule has 0 aromatic carbocycles. The van der Waals surface area contributed by atoms with Gasteiger partial charge in [-0.2, -0.15) is 11.8 Å². The van der Waals surface area contributed by atoms with Gasteiger partial charge in [0.15, 0.2) is 0 Å². The van der Waals surface area contributed by atoms with E-state index in [2.05, 4.69) is 11.8 Å². The maximum Gasteiger partial charge on any atom is 0.00482 e. The normalized spacial score (nSPS) is 30.5. The zero-order chi connectivity index (χ0) is 8.81. The molecule has 0 amide bonds. The number of hydrogen-bond acceptors (Lipinski definition) is 3. The third kappa shape index (κ3) is 3.78. The van der Waals surface area contributed by atoms with Gasteiger partial charge in [0.2, 0.25) is 0 Å². The average molecular weight is 188 g/mol. The lowest BCUT2D eigenvalue weighted by atomic mass is 9.96. The van der Waals surface area contributed by atoms with Crippen molar-refractivity contribution in [3.8, 4) is 0 Å². The zero-order valence-electron chi connectivity index (χ0n) is 7.67. The topological polar surface area (TPSA) is 52.0 Å². The Bertz CT molecular complexity index is 111. The van der Waals surface area contributed by atoms with Crippen LogP contribution in [0.3, 0.4) is 0 Å². The molecule has 72 valence electrons. The number of hydrogen-bond donors (Lipinski definition) is 2. The average Bonchev–Trinajstić information content (AvgIpc) is 2.09. The fourth-order valence-electron chi connectivity index (χ4n) is 1.59. The van der Waals surface area contributed by atoms with Crippen LogP contribution < -0.4 is 11.5 Å². The van der Waals surface area contributed by atoms with Gasteiger partial charge in [-0.3, -0.25) is 0 Å². The van der Waals surface area contributed by atoms with Crippen LogP contribution >= 0.6 is 11.8 Å². The Labute approximate surface area is 79.5 Å². The smallest absolute Gasteiger partial charge is 0.00482 e. The highest BCUT2D eigenvalue weighted by Gasteiger charge is 2.17. The van der Waals surface area contributed by atoms with Gasteiger partial charge < -0.3 is 11.5 Å². The van der Waals surface area contributed by atoms with Gasteiger partial charge in [0.25, 0.3) is 0 Å². The van der Waals surface area contributed by atoms with Crippen LogP contribution in [0.2, 0.25) is 0 Å². The maximum atomic E-state index is 5.82. The van der Waals surface area contributed by atoms with E-state index in [9.17, 15) is 0 Å². The molecular weight excluding hydrogens is 168 g/mol. The predicted molar refractivity (Wildman–Crippen MR) is 56.4 cm³/mol. The van der Waals surface area contributed by atoms with Crippen LogP contribution in [0.25, 0.3) is 0 Å². The Morgan fingerprint density at radius 3 is 2.42 bits per heavy atom. The van der Waals surface area contributed by atoms with Crippen molar-refractivity contribution < 1.29 is 0 Å². The molecule has 0 aromatic heterocycles. The molecule has 0 radical (unpaired) electrons. The molecule has 1 rings (SSSR count). The van der Waals surface area contributed by atoms with Crippen molar-refractivity contribution in [2.24, 2.45) is 11.5 Å². The van der Waals surface area contributed by atoms with Crippen LogP contribution in [0.1, 0.15) is 32.1 Å². The van der Waals surface area contributed by atoms with E-state index in [1.165, 1.54) is 31.4 Å². The molecule has 1 saturated carbocycles. The summed E-state index contributed by atoms with van der Waals surface area (Å²) in [5, 5.41) is 0.872. The summed E-state index contributed by atoms with van der Waals surface area (Å²) in [4.78, 5) is 0. The Kier molecular flexibility index (Phi) is 5.04. The van der Waals surface area contributed by atoms with E-state index >= 15 is 0 Å². The van der Waals surface area contributed by atoms with E-state index in [4.69, 9.17) is 11.5 Å². The number of rotatable bonds is 4. The summed E-state index contributed by atoms with van der Waals surface area (Å²) < 4.78 is 0. The van der Waals surface area contributed by atoms with Crippen LogP contribution in [0.4, 0.5) is 0 Å². The first-order valence-corrected chi connectivity index (χ1v) is 5.95. The van der Waals surface area contributed by atoms with Crippen molar-refractivity contribution in [3.63, 3.8) is 0 Å². The lowest BCUT2D eigenvalue weighted by molar-refractivity contribution is 0.450. The molecule has 0 atom stereocenters. The first-order valence-electron chi connectivity index (χ1n) is 4.90. The van der Waals surface area contributed by atoms with Crippen molar-refractivity contribution in [1.29, 1.82) is 0 Å². The van der Waals surface area contributed by atoms with Crippen molar-refractivity contribution in [1.82, 2.24) is 0 Å². The van der Waals surface area contributed by atoms with Crippen LogP contribution in [-0.4, -0.2) is 23.6 Å². The van der Waals surface area contributed by atoms with Gasteiger partial charge in [-0.25, -0.2) is 0 Å². The van der Waals surface area contributed by atoms with Gasteiger partial charge in [0.05, 0.1) is 0 Å². The molecule has 0 unspecified atom stereocenters. The fourth-order valence-corrected chi connectivity index (χ4v) is 2.86. The number of thioether (sulfide) groups is 1. The SMILES string of the molecule is NCCCSC1CCC(N)CC1. The quantitative estimate of drug-likeness (QED) is 0.655. The zero-order valence-corrected chi connectivity index (χ0v) is 8.48. The highest BCUT2D eigenvalue weighted by molar-refractivity contribution is 7.99. The molecule has 0 heterocycles. The van der Waals surface area contributed by atoms with Gasteiger partial charge in [0.1, 0.15) is 0 Å². The van der Waals surface area contributed by atoms with Crippen LogP contribution in [0, 0.1) is 0 Å². The maximum absolute atomic E-state index is 5.82.